The summed E-state index contributed by atoms with van der Waals surface area (Å²) in [4.78, 5) is 11.8. The molecule has 4 rings (SSSR count). The Kier molecular flexibility index (Phi) is 6.74. The minimum Gasteiger partial charge on any atom is -0.462 e. The summed E-state index contributed by atoms with van der Waals surface area (Å²) >= 11 is 0. The maximum absolute atomic E-state index is 11.8. The van der Waals surface area contributed by atoms with Gasteiger partial charge in [-0.3, -0.25) is 4.79 Å². The van der Waals surface area contributed by atoms with Crippen molar-refractivity contribution < 1.29 is 9.53 Å². The Bertz CT molecular complexity index is 862. The number of esters is 1. The molecule has 192 valence electrons. The highest BCUT2D eigenvalue weighted by Crippen LogP contribution is 2.71. The molecule has 4 aliphatic carbocycles. The molecular weight excluding hydrogens is 416 g/mol. The Labute approximate surface area is 210 Å². The molecule has 7 atom stereocenters. The first kappa shape index (κ1) is 26.0. The number of fused-ring (bicyclic) bond motifs is 5. The fraction of sp³-hybridized carbons (Fsp3) is 0.844. The first-order chi connectivity index (χ1) is 15.8. The maximum Gasteiger partial charge on any atom is 0.302 e. The SMILES string of the molecule is CC(=O)O[C@H]1CC[C@]2(C)C3=CC[C@]4(C)[C@@H]([C@H](C)CCCC(C)C)CC[C@@]4(C)C3=CC[C@H]2C1(C)C. The van der Waals surface area contributed by atoms with E-state index in [0.717, 1.165) is 37.0 Å². The minimum atomic E-state index is -0.131. The summed E-state index contributed by atoms with van der Waals surface area (Å²) in [5.74, 6) is 2.84. The normalized spacial score (nSPS) is 41.6. The molecule has 0 spiro atoms. The zero-order valence-corrected chi connectivity index (χ0v) is 23.7. The summed E-state index contributed by atoms with van der Waals surface area (Å²) in [6, 6.07) is 0. The van der Waals surface area contributed by atoms with Crippen molar-refractivity contribution in [3.05, 3.63) is 23.3 Å². The van der Waals surface area contributed by atoms with Crippen LogP contribution in [0.1, 0.15) is 120 Å². The lowest BCUT2D eigenvalue weighted by atomic mass is 9.44. The molecule has 0 aromatic heterocycles. The van der Waals surface area contributed by atoms with Crippen molar-refractivity contribution in [2.45, 2.75) is 126 Å². The third-order valence-corrected chi connectivity index (χ3v) is 11.7. The van der Waals surface area contributed by atoms with Crippen LogP contribution in [0.4, 0.5) is 0 Å². The van der Waals surface area contributed by atoms with Crippen molar-refractivity contribution >= 4 is 5.97 Å². The molecule has 0 saturated heterocycles. The second kappa shape index (κ2) is 8.81. The quantitative estimate of drug-likeness (QED) is 0.364. The molecular formula is C32H52O2. The van der Waals surface area contributed by atoms with E-state index in [-0.39, 0.29) is 22.9 Å². The van der Waals surface area contributed by atoms with Gasteiger partial charge in [-0.2, -0.15) is 0 Å². The van der Waals surface area contributed by atoms with E-state index in [9.17, 15) is 4.79 Å². The molecule has 2 nitrogen and oxygen atoms in total. The van der Waals surface area contributed by atoms with Crippen molar-refractivity contribution in [3.8, 4) is 0 Å². The summed E-state index contributed by atoms with van der Waals surface area (Å²) in [6.07, 6.45) is 16.7. The lowest BCUT2D eigenvalue weighted by Gasteiger charge is -2.61. The summed E-state index contributed by atoms with van der Waals surface area (Å²) in [6.45, 7) is 21.3. The van der Waals surface area contributed by atoms with Crippen molar-refractivity contribution in [1.29, 1.82) is 0 Å². The number of carbonyl (C=O) groups is 1. The number of hydrogen-bond acceptors (Lipinski definition) is 2. The van der Waals surface area contributed by atoms with Crippen LogP contribution in [0, 0.1) is 45.3 Å². The average Bonchev–Trinajstić information content (AvgIpc) is 3.01. The van der Waals surface area contributed by atoms with Crippen LogP contribution in [0.25, 0.3) is 0 Å². The van der Waals surface area contributed by atoms with E-state index in [1.165, 1.54) is 38.5 Å². The highest BCUT2D eigenvalue weighted by Gasteiger charge is 2.63. The fourth-order valence-corrected chi connectivity index (χ4v) is 9.39. The molecule has 34 heavy (non-hydrogen) atoms. The first-order valence-electron chi connectivity index (χ1n) is 14.4. The third-order valence-electron chi connectivity index (χ3n) is 11.7. The second-order valence-electron chi connectivity index (χ2n) is 14.3. The fourth-order valence-electron chi connectivity index (χ4n) is 9.39. The van der Waals surface area contributed by atoms with Gasteiger partial charge < -0.3 is 4.74 Å². The first-order valence-corrected chi connectivity index (χ1v) is 14.4. The highest BCUT2D eigenvalue weighted by molar-refractivity contribution is 5.66. The maximum atomic E-state index is 11.8. The van der Waals surface area contributed by atoms with Gasteiger partial charge in [0.05, 0.1) is 0 Å². The zero-order valence-electron chi connectivity index (χ0n) is 23.7. The Morgan fingerprint density at radius 3 is 2.35 bits per heavy atom. The molecule has 0 unspecified atom stereocenters. The van der Waals surface area contributed by atoms with E-state index in [0.29, 0.717) is 16.7 Å². The average molecular weight is 469 g/mol. The van der Waals surface area contributed by atoms with Gasteiger partial charge in [0, 0.05) is 12.3 Å². The Hall–Kier alpha value is -1.05. The predicted molar refractivity (Wildman–Crippen MR) is 142 cm³/mol. The van der Waals surface area contributed by atoms with Gasteiger partial charge in [0.25, 0.3) is 0 Å². The zero-order chi connectivity index (χ0) is 25.1. The second-order valence-corrected chi connectivity index (χ2v) is 14.3. The summed E-state index contributed by atoms with van der Waals surface area (Å²) in [5, 5.41) is 0. The van der Waals surface area contributed by atoms with E-state index in [1.807, 2.05) is 0 Å². The van der Waals surface area contributed by atoms with E-state index in [1.54, 1.807) is 18.1 Å². The van der Waals surface area contributed by atoms with Gasteiger partial charge in [-0.05, 0) is 89.6 Å². The lowest BCUT2D eigenvalue weighted by Crippen LogP contribution is -2.55. The minimum absolute atomic E-state index is 0.00760. The van der Waals surface area contributed by atoms with Crippen molar-refractivity contribution in [2.75, 3.05) is 0 Å². The molecule has 0 radical (unpaired) electrons. The molecule has 0 amide bonds. The van der Waals surface area contributed by atoms with E-state index < -0.39 is 0 Å². The number of carbonyl (C=O) groups excluding carboxylic acids is 1. The number of ether oxygens (including phenoxy) is 1. The molecule has 2 heteroatoms. The number of hydrogen-bond donors (Lipinski definition) is 0. The number of rotatable bonds is 6. The highest BCUT2D eigenvalue weighted by atomic mass is 16.5. The Morgan fingerprint density at radius 1 is 1.00 bits per heavy atom. The van der Waals surface area contributed by atoms with Crippen LogP contribution in [0.15, 0.2) is 23.3 Å². The van der Waals surface area contributed by atoms with Crippen LogP contribution in [0.3, 0.4) is 0 Å². The van der Waals surface area contributed by atoms with Crippen molar-refractivity contribution in [2.24, 2.45) is 45.3 Å². The summed E-state index contributed by atoms with van der Waals surface area (Å²) in [5.41, 5.74) is 4.19. The van der Waals surface area contributed by atoms with Gasteiger partial charge in [-0.15, -0.1) is 0 Å². The van der Waals surface area contributed by atoms with Gasteiger partial charge in [-0.25, -0.2) is 0 Å². The van der Waals surface area contributed by atoms with E-state index in [2.05, 4.69) is 67.5 Å². The third kappa shape index (κ3) is 3.85. The molecule has 0 aliphatic heterocycles. The Balaban J connectivity index is 1.62. The van der Waals surface area contributed by atoms with Crippen LogP contribution >= 0.6 is 0 Å². The molecule has 0 heterocycles. The van der Waals surface area contributed by atoms with E-state index in [4.69, 9.17) is 4.74 Å². The molecule has 0 bridgehead atoms. The van der Waals surface area contributed by atoms with Gasteiger partial charge in [0.1, 0.15) is 6.10 Å². The van der Waals surface area contributed by atoms with Crippen LogP contribution in [-0.4, -0.2) is 12.1 Å². The van der Waals surface area contributed by atoms with E-state index >= 15 is 0 Å². The molecule has 0 aromatic rings. The molecule has 2 saturated carbocycles. The number of allylic oxidation sites excluding steroid dienone is 4. The lowest BCUT2D eigenvalue weighted by molar-refractivity contribution is -0.165. The van der Waals surface area contributed by atoms with Crippen LogP contribution in [0.5, 0.6) is 0 Å². The standard InChI is InChI=1S/C32H52O2/c1-21(2)11-10-12-22(3)24-15-19-32(9)26-13-14-27-29(5,6)28(34-23(4)33)17-18-30(27,7)25(26)16-20-31(24,32)8/h13,16,21-22,24,27-28H,10-12,14-15,17-20H2,1-9H3/t22-,24-,27+,28+,30-,31-,32+/m1/s1. The van der Waals surface area contributed by atoms with Gasteiger partial charge in [-0.1, -0.05) is 86.8 Å². The van der Waals surface area contributed by atoms with Crippen molar-refractivity contribution in [3.63, 3.8) is 0 Å². The van der Waals surface area contributed by atoms with Crippen LogP contribution < -0.4 is 0 Å². The molecule has 0 aromatic carbocycles. The van der Waals surface area contributed by atoms with Crippen LogP contribution in [-0.2, 0) is 9.53 Å². The summed E-state index contributed by atoms with van der Waals surface area (Å²) < 4.78 is 5.85. The summed E-state index contributed by atoms with van der Waals surface area (Å²) in [7, 11) is 0. The topological polar surface area (TPSA) is 26.3 Å². The smallest absolute Gasteiger partial charge is 0.302 e. The predicted octanol–water partition coefficient (Wildman–Crippen LogP) is 8.91. The molecule has 2 fully saturated rings. The van der Waals surface area contributed by atoms with Gasteiger partial charge >= 0.3 is 5.97 Å². The monoisotopic (exact) mass is 468 g/mol. The Morgan fingerprint density at radius 2 is 1.71 bits per heavy atom. The van der Waals surface area contributed by atoms with Gasteiger partial charge in [0.2, 0.25) is 0 Å². The molecule has 0 N–H and O–H groups in total. The van der Waals surface area contributed by atoms with Crippen molar-refractivity contribution in [1.82, 2.24) is 0 Å². The molecule has 4 aliphatic rings. The van der Waals surface area contributed by atoms with Crippen LogP contribution in [0.2, 0.25) is 0 Å². The largest absolute Gasteiger partial charge is 0.462 e. The van der Waals surface area contributed by atoms with Gasteiger partial charge in [0.15, 0.2) is 0 Å².